The molecule has 0 aromatic heterocycles. The zero-order valence-electron chi connectivity index (χ0n) is 12.5. The lowest BCUT2D eigenvalue weighted by Crippen LogP contribution is -2.05. The molecule has 0 aliphatic carbocycles. The third-order valence-electron chi connectivity index (χ3n) is 3.59. The molecule has 1 N–H and O–H groups in total. The summed E-state index contributed by atoms with van der Waals surface area (Å²) in [4.78, 5) is 0. The normalized spacial score (nSPS) is 12.6. The van der Waals surface area contributed by atoms with Crippen molar-refractivity contribution in [3.8, 4) is 0 Å². The summed E-state index contributed by atoms with van der Waals surface area (Å²) in [6.07, 6.45) is 18.1. The molecule has 0 bridgehead atoms. The largest absolute Gasteiger partial charge is 0.393 e. The number of hydrogen-bond donors (Lipinski definition) is 1. The molecule has 0 fully saturated rings. The molecule has 18 heavy (non-hydrogen) atoms. The number of aliphatic hydroxyl groups is 1. The van der Waals surface area contributed by atoms with Gasteiger partial charge in [-0.25, -0.2) is 0 Å². The smallest absolute Gasteiger partial charge is 0.0540 e. The van der Waals surface area contributed by atoms with Crippen molar-refractivity contribution < 1.29 is 5.11 Å². The van der Waals surface area contributed by atoms with Crippen LogP contribution in [0, 0.1) is 0 Å². The molecule has 0 aromatic rings. The van der Waals surface area contributed by atoms with Crippen LogP contribution < -0.4 is 0 Å². The molecule has 0 radical (unpaired) electrons. The molecule has 1 atom stereocenters. The Balaban J connectivity index is 3.10. The van der Waals surface area contributed by atoms with E-state index in [1.807, 2.05) is 6.08 Å². The van der Waals surface area contributed by atoms with Gasteiger partial charge in [0.1, 0.15) is 0 Å². The summed E-state index contributed by atoms with van der Waals surface area (Å²) in [6, 6.07) is 0. The van der Waals surface area contributed by atoms with Gasteiger partial charge in [-0.1, -0.05) is 70.8 Å². The summed E-state index contributed by atoms with van der Waals surface area (Å²) in [5.74, 6) is 0. The van der Waals surface area contributed by atoms with Crippen molar-refractivity contribution in [2.45, 2.75) is 96.5 Å². The Labute approximate surface area is 115 Å². The highest BCUT2D eigenvalue weighted by atomic mass is 16.3. The van der Waals surface area contributed by atoms with Gasteiger partial charge >= 0.3 is 0 Å². The summed E-state index contributed by atoms with van der Waals surface area (Å²) in [7, 11) is 0. The molecule has 1 unspecified atom stereocenters. The number of aliphatic hydroxyl groups excluding tert-OH is 1. The topological polar surface area (TPSA) is 20.2 Å². The zero-order valence-corrected chi connectivity index (χ0v) is 12.5. The molecule has 0 aromatic carbocycles. The SMILES string of the molecule is C=CCCCCCCCCC(O)CCCCCC. The van der Waals surface area contributed by atoms with Crippen molar-refractivity contribution in [3.63, 3.8) is 0 Å². The minimum atomic E-state index is -0.0392. The van der Waals surface area contributed by atoms with E-state index in [2.05, 4.69) is 13.5 Å². The van der Waals surface area contributed by atoms with Crippen molar-refractivity contribution in [1.82, 2.24) is 0 Å². The van der Waals surface area contributed by atoms with Gasteiger partial charge in [-0.3, -0.25) is 0 Å². The lowest BCUT2D eigenvalue weighted by molar-refractivity contribution is 0.147. The van der Waals surface area contributed by atoms with Crippen molar-refractivity contribution >= 4 is 0 Å². The van der Waals surface area contributed by atoms with E-state index in [0.717, 1.165) is 19.3 Å². The van der Waals surface area contributed by atoms with E-state index >= 15 is 0 Å². The van der Waals surface area contributed by atoms with Gasteiger partial charge in [0.15, 0.2) is 0 Å². The lowest BCUT2D eigenvalue weighted by atomic mass is 10.0. The predicted octanol–water partition coefficient (Wildman–Crippen LogP) is 5.62. The Hall–Kier alpha value is -0.300. The fourth-order valence-electron chi connectivity index (χ4n) is 2.33. The monoisotopic (exact) mass is 254 g/mol. The fraction of sp³-hybridized carbons (Fsp3) is 0.882. The van der Waals surface area contributed by atoms with Crippen LogP contribution in [0.2, 0.25) is 0 Å². The first-order valence-corrected chi connectivity index (χ1v) is 8.10. The Bertz CT molecular complexity index is 165. The maximum Gasteiger partial charge on any atom is 0.0540 e. The molecule has 0 rings (SSSR count). The Kier molecular flexibility index (Phi) is 14.5. The maximum atomic E-state index is 9.81. The van der Waals surface area contributed by atoms with Crippen LogP contribution in [-0.2, 0) is 0 Å². The van der Waals surface area contributed by atoms with Gasteiger partial charge in [-0.05, 0) is 25.7 Å². The Morgan fingerprint density at radius 1 is 0.833 bits per heavy atom. The standard InChI is InChI=1S/C17H34O/c1-3-5-7-9-10-11-12-14-16-17(18)15-13-8-6-4-2/h3,17-18H,1,4-16H2,2H3. The second-order valence-corrected chi connectivity index (χ2v) is 5.49. The Morgan fingerprint density at radius 3 is 1.89 bits per heavy atom. The molecule has 0 saturated heterocycles. The third kappa shape index (κ3) is 13.8. The van der Waals surface area contributed by atoms with Crippen molar-refractivity contribution in [2.75, 3.05) is 0 Å². The molecular formula is C17H34O. The molecule has 0 heterocycles. The van der Waals surface area contributed by atoms with Gasteiger partial charge in [0.2, 0.25) is 0 Å². The van der Waals surface area contributed by atoms with Crippen LogP contribution in [-0.4, -0.2) is 11.2 Å². The molecule has 0 aliphatic rings. The lowest BCUT2D eigenvalue weighted by Gasteiger charge is -2.09. The number of unbranched alkanes of at least 4 members (excludes halogenated alkanes) is 9. The maximum absolute atomic E-state index is 9.81. The van der Waals surface area contributed by atoms with E-state index in [-0.39, 0.29) is 6.10 Å². The summed E-state index contributed by atoms with van der Waals surface area (Å²) >= 11 is 0. The quantitative estimate of drug-likeness (QED) is 0.315. The zero-order chi connectivity index (χ0) is 13.5. The third-order valence-corrected chi connectivity index (χ3v) is 3.59. The number of allylic oxidation sites excluding steroid dienone is 1. The van der Waals surface area contributed by atoms with E-state index in [4.69, 9.17) is 0 Å². The molecule has 1 heteroatoms. The molecule has 1 nitrogen and oxygen atoms in total. The first-order valence-electron chi connectivity index (χ1n) is 8.10. The number of hydrogen-bond acceptors (Lipinski definition) is 1. The van der Waals surface area contributed by atoms with Crippen LogP contribution >= 0.6 is 0 Å². The van der Waals surface area contributed by atoms with Gasteiger partial charge < -0.3 is 5.11 Å². The fourth-order valence-corrected chi connectivity index (χ4v) is 2.33. The van der Waals surface area contributed by atoms with Gasteiger partial charge in [0.25, 0.3) is 0 Å². The van der Waals surface area contributed by atoms with E-state index in [0.29, 0.717) is 0 Å². The average Bonchev–Trinajstić information content (AvgIpc) is 2.38. The predicted molar refractivity (Wildman–Crippen MR) is 81.9 cm³/mol. The van der Waals surface area contributed by atoms with Crippen molar-refractivity contribution in [2.24, 2.45) is 0 Å². The second kappa shape index (κ2) is 14.8. The van der Waals surface area contributed by atoms with Crippen LogP contribution in [0.15, 0.2) is 12.7 Å². The summed E-state index contributed by atoms with van der Waals surface area (Å²) in [5, 5.41) is 9.81. The average molecular weight is 254 g/mol. The molecule has 0 spiro atoms. The van der Waals surface area contributed by atoms with Crippen LogP contribution in [0.5, 0.6) is 0 Å². The first-order chi connectivity index (χ1) is 8.81. The van der Waals surface area contributed by atoms with E-state index in [9.17, 15) is 5.11 Å². The van der Waals surface area contributed by atoms with Gasteiger partial charge in [-0.15, -0.1) is 6.58 Å². The second-order valence-electron chi connectivity index (χ2n) is 5.49. The summed E-state index contributed by atoms with van der Waals surface area (Å²) < 4.78 is 0. The molecule has 0 amide bonds. The first kappa shape index (κ1) is 17.7. The highest BCUT2D eigenvalue weighted by molar-refractivity contribution is 4.65. The molecular weight excluding hydrogens is 220 g/mol. The van der Waals surface area contributed by atoms with E-state index < -0.39 is 0 Å². The minimum absolute atomic E-state index is 0.0392. The van der Waals surface area contributed by atoms with E-state index in [1.54, 1.807) is 0 Å². The molecule has 0 saturated carbocycles. The minimum Gasteiger partial charge on any atom is -0.393 e. The van der Waals surface area contributed by atoms with Crippen LogP contribution in [0.3, 0.4) is 0 Å². The summed E-state index contributed by atoms with van der Waals surface area (Å²) in [6.45, 7) is 5.96. The van der Waals surface area contributed by atoms with Crippen LogP contribution in [0.25, 0.3) is 0 Å². The van der Waals surface area contributed by atoms with Crippen molar-refractivity contribution in [1.29, 1.82) is 0 Å². The van der Waals surface area contributed by atoms with Crippen LogP contribution in [0.4, 0.5) is 0 Å². The van der Waals surface area contributed by atoms with E-state index in [1.165, 1.54) is 64.2 Å². The summed E-state index contributed by atoms with van der Waals surface area (Å²) in [5.41, 5.74) is 0. The highest BCUT2D eigenvalue weighted by Gasteiger charge is 2.03. The van der Waals surface area contributed by atoms with Crippen molar-refractivity contribution in [3.05, 3.63) is 12.7 Å². The van der Waals surface area contributed by atoms with Crippen LogP contribution in [0.1, 0.15) is 90.4 Å². The molecule has 108 valence electrons. The van der Waals surface area contributed by atoms with Gasteiger partial charge in [0.05, 0.1) is 6.10 Å². The van der Waals surface area contributed by atoms with Gasteiger partial charge in [0, 0.05) is 0 Å². The molecule has 0 aliphatic heterocycles. The Morgan fingerprint density at radius 2 is 1.33 bits per heavy atom. The number of rotatable bonds is 14. The highest BCUT2D eigenvalue weighted by Crippen LogP contribution is 2.13. The van der Waals surface area contributed by atoms with Gasteiger partial charge in [-0.2, -0.15) is 0 Å².